The Bertz CT molecular complexity index is 332. The molecule has 0 saturated heterocycles. The molecule has 1 rings (SSSR count). The van der Waals surface area contributed by atoms with Gasteiger partial charge < -0.3 is 4.74 Å². The van der Waals surface area contributed by atoms with E-state index in [2.05, 4.69) is 11.9 Å². The summed E-state index contributed by atoms with van der Waals surface area (Å²) in [4.78, 5) is 4.52. The van der Waals surface area contributed by atoms with Gasteiger partial charge in [0.15, 0.2) is 0 Å². The van der Waals surface area contributed by atoms with Crippen LogP contribution in [0.3, 0.4) is 0 Å². The molecule has 0 spiro atoms. The molecule has 0 heterocycles. The molecular weight excluding hydrogens is 222 g/mol. The fraction of sp³-hybridized carbons (Fsp3) is 0.562. The highest BCUT2D eigenvalue weighted by Gasteiger charge is 2.00. The lowest BCUT2D eigenvalue weighted by atomic mass is 10.1. The lowest BCUT2D eigenvalue weighted by molar-refractivity contribution is 0.402. The van der Waals surface area contributed by atoms with Gasteiger partial charge in [0.1, 0.15) is 0 Å². The van der Waals surface area contributed by atoms with Crippen molar-refractivity contribution in [1.82, 2.24) is 0 Å². The van der Waals surface area contributed by atoms with Crippen molar-refractivity contribution in [2.45, 2.75) is 45.4 Å². The van der Waals surface area contributed by atoms with Gasteiger partial charge >= 0.3 is 0 Å². The Morgan fingerprint density at radius 1 is 1.00 bits per heavy atom. The molecule has 18 heavy (non-hydrogen) atoms. The monoisotopic (exact) mass is 247 g/mol. The summed E-state index contributed by atoms with van der Waals surface area (Å²) in [5, 5.41) is 0. The summed E-state index contributed by atoms with van der Waals surface area (Å²) in [6, 6.07) is 10.1. The van der Waals surface area contributed by atoms with Gasteiger partial charge in [-0.15, -0.1) is 0 Å². The van der Waals surface area contributed by atoms with Gasteiger partial charge in [-0.05, 0) is 18.6 Å². The van der Waals surface area contributed by atoms with Crippen LogP contribution in [0.5, 0.6) is 0 Å². The van der Waals surface area contributed by atoms with Crippen LogP contribution in [0.15, 0.2) is 35.3 Å². The van der Waals surface area contributed by atoms with Crippen molar-refractivity contribution >= 4 is 5.90 Å². The maximum atomic E-state index is 5.33. The quantitative estimate of drug-likeness (QED) is 0.378. The minimum Gasteiger partial charge on any atom is -0.481 e. The van der Waals surface area contributed by atoms with Crippen LogP contribution in [0.2, 0.25) is 0 Å². The largest absolute Gasteiger partial charge is 0.481 e. The van der Waals surface area contributed by atoms with Crippen LogP contribution in [-0.4, -0.2) is 19.6 Å². The lowest BCUT2D eigenvalue weighted by Gasteiger charge is -2.05. The van der Waals surface area contributed by atoms with E-state index in [4.69, 9.17) is 4.74 Å². The summed E-state index contributed by atoms with van der Waals surface area (Å²) in [5.74, 6) is 0.754. The van der Waals surface area contributed by atoms with Crippen molar-refractivity contribution in [3.8, 4) is 0 Å². The molecule has 0 aliphatic rings. The van der Waals surface area contributed by atoms with Gasteiger partial charge in [0, 0.05) is 12.1 Å². The fourth-order valence-electron chi connectivity index (χ4n) is 1.93. The van der Waals surface area contributed by atoms with Gasteiger partial charge in [-0.1, -0.05) is 57.2 Å². The van der Waals surface area contributed by atoms with Crippen LogP contribution in [0.25, 0.3) is 0 Å². The molecule has 2 heteroatoms. The van der Waals surface area contributed by atoms with E-state index >= 15 is 0 Å². The van der Waals surface area contributed by atoms with E-state index in [1.807, 2.05) is 30.3 Å². The molecule has 1 aromatic carbocycles. The second-order valence-electron chi connectivity index (χ2n) is 4.52. The van der Waals surface area contributed by atoms with Crippen LogP contribution < -0.4 is 0 Å². The number of hydrogen-bond acceptors (Lipinski definition) is 2. The molecule has 1 aromatic rings. The van der Waals surface area contributed by atoms with Crippen molar-refractivity contribution in [2.24, 2.45) is 4.99 Å². The van der Waals surface area contributed by atoms with Gasteiger partial charge in [0.2, 0.25) is 5.90 Å². The first-order valence-electron chi connectivity index (χ1n) is 7.02. The number of ether oxygens (including phenoxy) is 1. The van der Waals surface area contributed by atoms with Gasteiger partial charge in [0.05, 0.1) is 7.11 Å². The van der Waals surface area contributed by atoms with E-state index < -0.39 is 0 Å². The second kappa shape index (κ2) is 9.69. The summed E-state index contributed by atoms with van der Waals surface area (Å²) in [7, 11) is 1.69. The van der Waals surface area contributed by atoms with Crippen molar-refractivity contribution in [3.63, 3.8) is 0 Å². The van der Waals surface area contributed by atoms with Crippen LogP contribution in [0.1, 0.15) is 51.0 Å². The highest BCUT2D eigenvalue weighted by molar-refractivity contribution is 5.93. The third kappa shape index (κ3) is 5.85. The smallest absolute Gasteiger partial charge is 0.215 e. The normalized spacial score (nSPS) is 11.6. The minimum atomic E-state index is 0.754. The minimum absolute atomic E-state index is 0.754. The first kappa shape index (κ1) is 14.7. The Balaban J connectivity index is 2.27. The Hall–Kier alpha value is -1.31. The van der Waals surface area contributed by atoms with E-state index in [1.54, 1.807) is 7.11 Å². The Morgan fingerprint density at radius 3 is 2.33 bits per heavy atom. The molecular formula is C16H25NO. The third-order valence-corrected chi connectivity index (χ3v) is 2.98. The molecule has 0 unspecified atom stereocenters. The van der Waals surface area contributed by atoms with E-state index in [9.17, 15) is 0 Å². The molecule has 0 aromatic heterocycles. The molecule has 0 amide bonds. The zero-order valence-corrected chi connectivity index (χ0v) is 11.7. The maximum Gasteiger partial charge on any atom is 0.215 e. The first-order chi connectivity index (χ1) is 8.88. The van der Waals surface area contributed by atoms with Crippen LogP contribution in [0, 0.1) is 0 Å². The average Bonchev–Trinajstić information content (AvgIpc) is 2.43. The number of hydrogen-bond donors (Lipinski definition) is 0. The molecule has 0 saturated carbocycles. The highest BCUT2D eigenvalue weighted by atomic mass is 16.5. The van der Waals surface area contributed by atoms with Gasteiger partial charge in [-0.3, -0.25) is 4.99 Å². The number of unbranched alkanes of at least 4 members (excludes halogenated alkanes) is 5. The standard InChI is InChI=1S/C16H25NO/c1-3-4-5-6-7-11-14-17-16(18-2)15-12-9-8-10-13-15/h8-10,12-13H,3-7,11,14H2,1-2H3. The first-order valence-corrected chi connectivity index (χ1v) is 7.02. The second-order valence-corrected chi connectivity index (χ2v) is 4.52. The molecule has 0 aliphatic carbocycles. The topological polar surface area (TPSA) is 21.6 Å². The number of aliphatic imine (C=N–C) groups is 1. The van der Waals surface area contributed by atoms with Crippen molar-refractivity contribution in [3.05, 3.63) is 35.9 Å². The zero-order chi connectivity index (χ0) is 13.1. The van der Waals surface area contributed by atoms with Gasteiger partial charge in [-0.2, -0.15) is 0 Å². The molecule has 0 radical (unpaired) electrons. The predicted octanol–water partition coefficient (Wildman–Crippen LogP) is 4.44. The highest BCUT2D eigenvalue weighted by Crippen LogP contribution is 2.06. The van der Waals surface area contributed by atoms with E-state index in [-0.39, 0.29) is 0 Å². The SMILES string of the molecule is CCCCCCCCN=C(OC)c1ccccc1. The van der Waals surface area contributed by atoms with Crippen molar-refractivity contribution in [2.75, 3.05) is 13.7 Å². The van der Waals surface area contributed by atoms with E-state index in [1.165, 1.54) is 32.1 Å². The number of methoxy groups -OCH3 is 1. The van der Waals surface area contributed by atoms with E-state index in [0.717, 1.165) is 24.4 Å². The Morgan fingerprint density at radius 2 is 1.67 bits per heavy atom. The molecule has 2 nitrogen and oxygen atoms in total. The van der Waals surface area contributed by atoms with Crippen LogP contribution in [0.4, 0.5) is 0 Å². The Kier molecular flexibility index (Phi) is 7.94. The number of benzene rings is 1. The predicted molar refractivity (Wildman–Crippen MR) is 78.2 cm³/mol. The summed E-state index contributed by atoms with van der Waals surface area (Å²) in [6.45, 7) is 3.11. The molecule has 0 fully saturated rings. The molecule has 100 valence electrons. The zero-order valence-electron chi connectivity index (χ0n) is 11.7. The molecule has 0 atom stereocenters. The Labute approximate surface area is 111 Å². The summed E-state index contributed by atoms with van der Waals surface area (Å²) < 4.78 is 5.33. The van der Waals surface area contributed by atoms with Crippen molar-refractivity contribution < 1.29 is 4.74 Å². The van der Waals surface area contributed by atoms with Gasteiger partial charge in [-0.25, -0.2) is 0 Å². The van der Waals surface area contributed by atoms with Crippen LogP contribution >= 0.6 is 0 Å². The molecule has 0 bridgehead atoms. The fourth-order valence-corrected chi connectivity index (χ4v) is 1.93. The van der Waals surface area contributed by atoms with Gasteiger partial charge in [0.25, 0.3) is 0 Å². The van der Waals surface area contributed by atoms with Crippen molar-refractivity contribution in [1.29, 1.82) is 0 Å². The van der Waals surface area contributed by atoms with Crippen LogP contribution in [-0.2, 0) is 4.74 Å². The summed E-state index contributed by atoms with van der Waals surface area (Å²) in [5.41, 5.74) is 1.06. The maximum absolute atomic E-state index is 5.33. The third-order valence-electron chi connectivity index (χ3n) is 2.98. The molecule has 0 aliphatic heterocycles. The lowest BCUT2D eigenvalue weighted by Crippen LogP contribution is -2.04. The average molecular weight is 247 g/mol. The summed E-state index contributed by atoms with van der Waals surface area (Å²) in [6.07, 6.45) is 7.78. The number of rotatable bonds is 8. The molecule has 0 N–H and O–H groups in total. The summed E-state index contributed by atoms with van der Waals surface area (Å²) >= 11 is 0. The number of nitrogens with zero attached hydrogens (tertiary/aromatic N) is 1. The van der Waals surface area contributed by atoms with E-state index in [0.29, 0.717) is 0 Å².